The first-order valence-corrected chi connectivity index (χ1v) is 6.75. The first-order chi connectivity index (χ1) is 9.06. The van der Waals surface area contributed by atoms with Crippen LogP contribution in [0, 0.1) is 6.92 Å². The maximum Gasteiger partial charge on any atom is 0.263 e. The number of thioether (sulfide) groups is 1. The molecule has 1 N–H and O–H groups in total. The van der Waals surface area contributed by atoms with Gasteiger partial charge in [0.05, 0.1) is 19.1 Å². The highest BCUT2D eigenvalue weighted by atomic mass is 32.2. The molecule has 1 saturated heterocycles. The summed E-state index contributed by atoms with van der Waals surface area (Å²) < 4.78 is 11.1. The van der Waals surface area contributed by atoms with Crippen molar-refractivity contribution in [2.24, 2.45) is 0 Å². The fraction of sp³-hybridized carbons (Fsp3) is 0.231. The Labute approximate surface area is 121 Å². The van der Waals surface area contributed by atoms with Crippen molar-refractivity contribution in [1.82, 2.24) is 5.32 Å². The molecular formula is C13H13NO3S2. The highest BCUT2D eigenvalue weighted by molar-refractivity contribution is 8.26. The summed E-state index contributed by atoms with van der Waals surface area (Å²) in [5.41, 5.74) is 1.72. The molecule has 100 valence electrons. The van der Waals surface area contributed by atoms with Crippen LogP contribution in [0.25, 0.3) is 6.08 Å². The van der Waals surface area contributed by atoms with E-state index < -0.39 is 0 Å². The number of hydrogen-bond donors (Lipinski definition) is 1. The lowest BCUT2D eigenvalue weighted by Crippen LogP contribution is -2.17. The molecule has 1 aliphatic rings. The van der Waals surface area contributed by atoms with Crippen molar-refractivity contribution >= 4 is 40.3 Å². The number of benzene rings is 1. The molecule has 0 unspecified atom stereocenters. The molecule has 1 aliphatic heterocycles. The maximum atomic E-state index is 11.6. The summed E-state index contributed by atoms with van der Waals surface area (Å²) in [6.45, 7) is 1.91. The van der Waals surface area contributed by atoms with Crippen LogP contribution in [0.5, 0.6) is 11.5 Å². The largest absolute Gasteiger partial charge is 0.496 e. The lowest BCUT2D eigenvalue weighted by molar-refractivity contribution is -0.115. The predicted molar refractivity (Wildman–Crippen MR) is 80.6 cm³/mol. The van der Waals surface area contributed by atoms with Crippen LogP contribution in [0.15, 0.2) is 17.0 Å². The lowest BCUT2D eigenvalue weighted by Gasteiger charge is -2.12. The Morgan fingerprint density at radius 3 is 2.58 bits per heavy atom. The summed E-state index contributed by atoms with van der Waals surface area (Å²) in [5, 5.41) is 2.58. The van der Waals surface area contributed by atoms with Gasteiger partial charge in [-0.1, -0.05) is 24.0 Å². The minimum Gasteiger partial charge on any atom is -0.496 e. The monoisotopic (exact) mass is 295 g/mol. The molecule has 0 radical (unpaired) electrons. The Hall–Kier alpha value is -1.53. The smallest absolute Gasteiger partial charge is 0.263 e. The summed E-state index contributed by atoms with van der Waals surface area (Å²) in [5.74, 6) is 1.27. The summed E-state index contributed by atoms with van der Waals surface area (Å²) in [6.07, 6.45) is 1.77. The van der Waals surface area contributed by atoms with Gasteiger partial charge in [-0.3, -0.25) is 4.79 Å². The number of nitrogens with one attached hydrogen (secondary N) is 1. The van der Waals surface area contributed by atoms with Gasteiger partial charge in [-0.05, 0) is 25.1 Å². The standard InChI is InChI=1S/C13H13NO3S2/c1-7-9(16-2)5-4-8(11(7)17-3)6-10-12(15)14-13(18)19-10/h4-6H,1-3H3,(H,14,15,18). The molecule has 1 aromatic rings. The van der Waals surface area contributed by atoms with Crippen molar-refractivity contribution in [3.63, 3.8) is 0 Å². The molecule has 0 spiro atoms. The third kappa shape index (κ3) is 2.74. The number of rotatable bonds is 3. The molecule has 1 aromatic carbocycles. The van der Waals surface area contributed by atoms with Gasteiger partial charge in [0, 0.05) is 11.1 Å². The number of methoxy groups -OCH3 is 2. The van der Waals surface area contributed by atoms with Crippen LogP contribution >= 0.6 is 24.0 Å². The predicted octanol–water partition coefficient (Wildman–Crippen LogP) is 2.50. The van der Waals surface area contributed by atoms with Gasteiger partial charge in [0.25, 0.3) is 5.91 Å². The van der Waals surface area contributed by atoms with Crippen molar-refractivity contribution in [2.75, 3.05) is 14.2 Å². The van der Waals surface area contributed by atoms with Gasteiger partial charge >= 0.3 is 0 Å². The summed E-state index contributed by atoms with van der Waals surface area (Å²) in [6, 6.07) is 3.70. The third-order valence-electron chi connectivity index (χ3n) is 2.74. The average molecular weight is 295 g/mol. The van der Waals surface area contributed by atoms with Crippen molar-refractivity contribution in [1.29, 1.82) is 0 Å². The third-order valence-corrected chi connectivity index (χ3v) is 3.90. The van der Waals surface area contributed by atoms with Crippen molar-refractivity contribution in [3.05, 3.63) is 28.2 Å². The van der Waals surface area contributed by atoms with E-state index in [2.05, 4.69) is 5.32 Å². The highest BCUT2D eigenvalue weighted by Crippen LogP contribution is 2.34. The molecule has 19 heavy (non-hydrogen) atoms. The summed E-state index contributed by atoms with van der Waals surface area (Å²) in [7, 11) is 3.20. The zero-order valence-electron chi connectivity index (χ0n) is 10.8. The number of thiocarbonyl (C=S) groups is 1. The zero-order valence-corrected chi connectivity index (χ0v) is 12.4. The van der Waals surface area contributed by atoms with Gasteiger partial charge in [0.1, 0.15) is 15.8 Å². The SMILES string of the molecule is COc1ccc(C=C2SC(=S)NC2=O)c(OC)c1C. The second-order valence-electron chi connectivity index (χ2n) is 3.87. The molecule has 6 heteroatoms. The number of carbonyl (C=O) groups excluding carboxylic acids is 1. The van der Waals surface area contributed by atoms with E-state index in [9.17, 15) is 4.79 Å². The van der Waals surface area contributed by atoms with E-state index in [4.69, 9.17) is 21.7 Å². The molecule has 1 amide bonds. The number of amides is 1. The van der Waals surface area contributed by atoms with Crippen molar-refractivity contribution in [2.45, 2.75) is 6.92 Å². The molecule has 1 heterocycles. The van der Waals surface area contributed by atoms with Crippen LogP contribution in [-0.2, 0) is 4.79 Å². The topological polar surface area (TPSA) is 47.6 Å². The fourth-order valence-corrected chi connectivity index (χ4v) is 2.90. The number of hydrogen-bond acceptors (Lipinski definition) is 5. The zero-order chi connectivity index (χ0) is 14.0. The van der Waals surface area contributed by atoms with Crippen LogP contribution in [-0.4, -0.2) is 24.4 Å². The van der Waals surface area contributed by atoms with E-state index in [1.807, 2.05) is 19.1 Å². The second kappa shape index (κ2) is 5.63. The average Bonchev–Trinajstić information content (AvgIpc) is 2.68. The minimum atomic E-state index is -0.175. The molecule has 0 bridgehead atoms. The molecule has 0 aliphatic carbocycles. The van der Waals surface area contributed by atoms with E-state index in [0.717, 1.165) is 16.9 Å². The van der Waals surface area contributed by atoms with E-state index in [-0.39, 0.29) is 5.91 Å². The quantitative estimate of drug-likeness (QED) is 0.686. The molecular weight excluding hydrogens is 282 g/mol. The number of carbonyl (C=O) groups is 1. The fourth-order valence-electron chi connectivity index (χ4n) is 1.86. The normalized spacial score (nSPS) is 16.7. The van der Waals surface area contributed by atoms with Gasteiger partial charge in [-0.25, -0.2) is 0 Å². The highest BCUT2D eigenvalue weighted by Gasteiger charge is 2.23. The molecule has 0 aromatic heterocycles. The lowest BCUT2D eigenvalue weighted by atomic mass is 10.1. The van der Waals surface area contributed by atoms with Crippen LogP contribution in [0.4, 0.5) is 0 Å². The Morgan fingerprint density at radius 1 is 1.32 bits per heavy atom. The first kappa shape index (κ1) is 13.9. The second-order valence-corrected chi connectivity index (χ2v) is 5.59. The maximum absolute atomic E-state index is 11.6. The van der Waals surface area contributed by atoms with E-state index >= 15 is 0 Å². The Morgan fingerprint density at radius 2 is 2.05 bits per heavy atom. The number of ether oxygens (including phenoxy) is 2. The van der Waals surface area contributed by atoms with E-state index in [1.165, 1.54) is 11.8 Å². The minimum absolute atomic E-state index is 0.175. The first-order valence-electron chi connectivity index (χ1n) is 5.53. The Bertz CT molecular complexity index is 581. The van der Waals surface area contributed by atoms with Crippen molar-refractivity contribution in [3.8, 4) is 11.5 Å². The van der Waals surface area contributed by atoms with Crippen LogP contribution < -0.4 is 14.8 Å². The van der Waals surface area contributed by atoms with Crippen molar-refractivity contribution < 1.29 is 14.3 Å². The molecule has 2 rings (SSSR count). The van der Waals surface area contributed by atoms with Crippen LogP contribution in [0.3, 0.4) is 0 Å². The Kier molecular flexibility index (Phi) is 4.11. The van der Waals surface area contributed by atoms with Gasteiger partial charge < -0.3 is 14.8 Å². The van der Waals surface area contributed by atoms with E-state index in [0.29, 0.717) is 15.0 Å². The molecule has 4 nitrogen and oxygen atoms in total. The van der Waals surface area contributed by atoms with Gasteiger partial charge in [-0.15, -0.1) is 0 Å². The summed E-state index contributed by atoms with van der Waals surface area (Å²) >= 11 is 6.20. The molecule has 1 fully saturated rings. The van der Waals surface area contributed by atoms with Gasteiger partial charge in [0.15, 0.2) is 0 Å². The van der Waals surface area contributed by atoms with Gasteiger partial charge in [-0.2, -0.15) is 0 Å². The summed E-state index contributed by atoms with van der Waals surface area (Å²) in [4.78, 5) is 12.2. The Balaban J connectivity index is 2.46. The van der Waals surface area contributed by atoms with Crippen LogP contribution in [0.2, 0.25) is 0 Å². The molecule has 0 atom stereocenters. The van der Waals surface area contributed by atoms with Crippen LogP contribution in [0.1, 0.15) is 11.1 Å². The van der Waals surface area contributed by atoms with E-state index in [1.54, 1.807) is 20.3 Å². The van der Waals surface area contributed by atoms with Gasteiger partial charge in [0.2, 0.25) is 0 Å². The molecule has 0 saturated carbocycles.